The molecule has 1 rings (SSSR count). The van der Waals surface area contributed by atoms with Crippen molar-refractivity contribution in [2.75, 3.05) is 0 Å². The van der Waals surface area contributed by atoms with E-state index < -0.39 is 15.3 Å². The van der Waals surface area contributed by atoms with Gasteiger partial charge < -0.3 is 0 Å². The lowest BCUT2D eigenvalue weighted by atomic mass is 9.75. The van der Waals surface area contributed by atoms with Crippen LogP contribution in [0.1, 0.15) is 46.5 Å². The topological polar surface area (TPSA) is 70.0 Å². The van der Waals surface area contributed by atoms with Gasteiger partial charge in [0.1, 0.15) is 0 Å². The molecule has 0 aromatic carbocycles. The lowest BCUT2D eigenvalue weighted by Gasteiger charge is -2.35. The van der Waals surface area contributed by atoms with Crippen LogP contribution < -0.4 is 4.72 Å². The van der Waals surface area contributed by atoms with Crippen LogP contribution in [0.5, 0.6) is 0 Å². The van der Waals surface area contributed by atoms with Crippen molar-refractivity contribution in [3.63, 3.8) is 0 Å². The van der Waals surface area contributed by atoms with E-state index in [1.165, 1.54) is 6.92 Å². The first-order chi connectivity index (χ1) is 7.27. The second-order valence-electron chi connectivity index (χ2n) is 5.39. The average molecular weight is 244 g/mol. The highest BCUT2D eigenvalue weighted by Gasteiger charge is 2.31. The Hall–Kier alpha value is -0.600. The average Bonchev–Trinajstić information content (AvgIpc) is 2.14. The summed E-state index contributed by atoms with van der Waals surface area (Å²) in [7, 11) is -3.47. The van der Waals surface area contributed by atoms with Crippen molar-refractivity contribution in [1.29, 1.82) is 5.26 Å². The summed E-state index contributed by atoms with van der Waals surface area (Å²) in [5.74, 6) is 0. The largest absolute Gasteiger partial charge is 0.227 e. The molecule has 92 valence electrons. The first kappa shape index (κ1) is 13.5. The van der Waals surface area contributed by atoms with E-state index in [1.807, 2.05) is 0 Å². The molecule has 0 aromatic rings. The minimum absolute atomic E-state index is 0.00968. The smallest absolute Gasteiger partial charge is 0.211 e. The monoisotopic (exact) mass is 244 g/mol. The molecule has 0 bridgehead atoms. The maximum absolute atomic E-state index is 11.7. The van der Waals surface area contributed by atoms with Crippen LogP contribution in [0.3, 0.4) is 0 Å². The first-order valence-electron chi connectivity index (χ1n) is 5.68. The Morgan fingerprint density at radius 3 is 2.62 bits per heavy atom. The van der Waals surface area contributed by atoms with E-state index in [2.05, 4.69) is 18.6 Å². The number of sulfonamides is 1. The van der Waals surface area contributed by atoms with Gasteiger partial charge in [-0.05, 0) is 31.6 Å². The number of nitrogens with zero attached hydrogens (tertiary/aromatic N) is 1. The Morgan fingerprint density at radius 1 is 1.50 bits per heavy atom. The van der Waals surface area contributed by atoms with E-state index in [1.54, 1.807) is 6.07 Å². The fourth-order valence-corrected chi connectivity index (χ4v) is 3.21. The van der Waals surface area contributed by atoms with Gasteiger partial charge in [-0.3, -0.25) is 0 Å². The Kier molecular flexibility index (Phi) is 3.97. The van der Waals surface area contributed by atoms with Crippen molar-refractivity contribution < 1.29 is 8.42 Å². The third-order valence-electron chi connectivity index (χ3n) is 3.18. The molecule has 0 radical (unpaired) electrons. The van der Waals surface area contributed by atoms with Crippen LogP contribution in [-0.4, -0.2) is 19.7 Å². The lowest BCUT2D eigenvalue weighted by Crippen LogP contribution is -2.43. The van der Waals surface area contributed by atoms with Gasteiger partial charge in [-0.1, -0.05) is 20.3 Å². The number of rotatable bonds is 3. The van der Waals surface area contributed by atoms with Crippen molar-refractivity contribution in [1.82, 2.24) is 4.72 Å². The summed E-state index contributed by atoms with van der Waals surface area (Å²) in [6.45, 7) is 5.72. The molecule has 0 spiro atoms. The first-order valence-corrected chi connectivity index (χ1v) is 7.22. The molecule has 2 atom stereocenters. The van der Waals surface area contributed by atoms with Crippen molar-refractivity contribution >= 4 is 10.0 Å². The molecule has 1 aliphatic carbocycles. The third-order valence-corrected chi connectivity index (χ3v) is 4.88. The molecular weight excluding hydrogens is 224 g/mol. The Bertz CT molecular complexity index is 381. The summed E-state index contributed by atoms with van der Waals surface area (Å²) in [6.07, 6.45) is 3.91. The van der Waals surface area contributed by atoms with Crippen LogP contribution in [0.15, 0.2) is 0 Å². The molecule has 4 nitrogen and oxygen atoms in total. The Labute approximate surface area is 98.1 Å². The fraction of sp³-hybridized carbons (Fsp3) is 0.909. The van der Waals surface area contributed by atoms with Crippen LogP contribution >= 0.6 is 0 Å². The Morgan fingerprint density at radius 2 is 2.12 bits per heavy atom. The van der Waals surface area contributed by atoms with Gasteiger partial charge in [-0.15, -0.1) is 0 Å². The maximum atomic E-state index is 11.7. The van der Waals surface area contributed by atoms with E-state index in [9.17, 15) is 8.42 Å². The minimum Gasteiger partial charge on any atom is -0.211 e. The summed E-state index contributed by atoms with van der Waals surface area (Å²) < 4.78 is 26.1. The quantitative estimate of drug-likeness (QED) is 0.822. The van der Waals surface area contributed by atoms with Gasteiger partial charge in [0.25, 0.3) is 0 Å². The molecule has 0 aliphatic heterocycles. The van der Waals surface area contributed by atoms with Gasteiger partial charge in [0, 0.05) is 6.04 Å². The van der Waals surface area contributed by atoms with Crippen molar-refractivity contribution in [3.8, 4) is 6.07 Å². The normalized spacial score (nSPS) is 27.0. The Balaban J connectivity index is 2.65. The zero-order chi connectivity index (χ0) is 12.4. The summed E-state index contributed by atoms with van der Waals surface area (Å²) in [4.78, 5) is 0. The van der Waals surface area contributed by atoms with Crippen molar-refractivity contribution in [3.05, 3.63) is 0 Å². The van der Waals surface area contributed by atoms with E-state index in [4.69, 9.17) is 5.26 Å². The zero-order valence-electron chi connectivity index (χ0n) is 10.2. The highest BCUT2D eigenvalue weighted by atomic mass is 32.2. The van der Waals surface area contributed by atoms with E-state index in [-0.39, 0.29) is 11.5 Å². The third kappa shape index (κ3) is 3.46. The van der Waals surface area contributed by atoms with Gasteiger partial charge in [0.15, 0.2) is 5.25 Å². The van der Waals surface area contributed by atoms with Crippen LogP contribution in [0.25, 0.3) is 0 Å². The molecule has 0 aromatic heterocycles. The van der Waals surface area contributed by atoms with Crippen LogP contribution in [0.2, 0.25) is 0 Å². The summed E-state index contributed by atoms with van der Waals surface area (Å²) in [5.41, 5.74) is 0.196. The molecule has 0 heterocycles. The van der Waals surface area contributed by atoms with Crippen LogP contribution in [0.4, 0.5) is 0 Å². The molecule has 0 saturated heterocycles. The van der Waals surface area contributed by atoms with Crippen molar-refractivity contribution in [2.45, 2.75) is 57.7 Å². The summed E-state index contributed by atoms with van der Waals surface area (Å²) in [5, 5.41) is 7.66. The van der Waals surface area contributed by atoms with Gasteiger partial charge >= 0.3 is 0 Å². The predicted octanol–water partition coefficient (Wildman–Crippen LogP) is 1.79. The van der Waals surface area contributed by atoms with Gasteiger partial charge in [0.05, 0.1) is 6.07 Å². The van der Waals surface area contributed by atoms with Gasteiger partial charge in [-0.25, -0.2) is 13.1 Å². The fourth-order valence-electron chi connectivity index (χ4n) is 2.20. The van der Waals surface area contributed by atoms with Crippen LogP contribution in [-0.2, 0) is 10.0 Å². The van der Waals surface area contributed by atoms with Crippen molar-refractivity contribution in [2.24, 2.45) is 5.41 Å². The number of nitriles is 1. The highest BCUT2D eigenvalue weighted by Crippen LogP contribution is 2.35. The van der Waals surface area contributed by atoms with E-state index >= 15 is 0 Å². The van der Waals surface area contributed by atoms with E-state index in [0.717, 1.165) is 25.7 Å². The zero-order valence-corrected chi connectivity index (χ0v) is 11.0. The van der Waals surface area contributed by atoms with Gasteiger partial charge in [-0.2, -0.15) is 5.26 Å². The molecular formula is C11H20N2O2S. The van der Waals surface area contributed by atoms with Gasteiger partial charge in [0.2, 0.25) is 10.0 Å². The molecule has 0 amide bonds. The molecule has 1 fully saturated rings. The number of hydrogen-bond donors (Lipinski definition) is 1. The molecule has 1 saturated carbocycles. The minimum atomic E-state index is -3.47. The highest BCUT2D eigenvalue weighted by molar-refractivity contribution is 7.90. The molecule has 5 heteroatoms. The number of nitrogens with one attached hydrogen (secondary N) is 1. The SMILES string of the molecule is CC(C#N)S(=O)(=O)NC1CCCC(C)(C)C1. The predicted molar refractivity (Wildman–Crippen MR) is 63.2 cm³/mol. The molecule has 16 heavy (non-hydrogen) atoms. The molecule has 1 aliphatic rings. The molecule has 2 unspecified atom stereocenters. The maximum Gasteiger partial charge on any atom is 0.227 e. The van der Waals surface area contributed by atoms with E-state index in [0.29, 0.717) is 0 Å². The number of hydrogen-bond acceptors (Lipinski definition) is 3. The summed E-state index contributed by atoms with van der Waals surface area (Å²) >= 11 is 0. The van der Waals surface area contributed by atoms with Crippen LogP contribution in [0, 0.1) is 16.7 Å². The standard InChI is InChI=1S/C11H20N2O2S/c1-9(8-12)16(14,15)13-10-5-4-6-11(2,3)7-10/h9-10,13H,4-7H2,1-3H3. The molecule has 1 N–H and O–H groups in total. The second kappa shape index (κ2) is 4.72. The summed E-state index contributed by atoms with van der Waals surface area (Å²) in [6, 6.07) is 1.76. The lowest BCUT2D eigenvalue weighted by molar-refractivity contribution is 0.212. The second-order valence-corrected chi connectivity index (χ2v) is 7.42.